The zero-order valence-electron chi connectivity index (χ0n) is 16.6. The molecule has 3 rings (SSSR count). The number of nitrogens with zero attached hydrogens (tertiary/aromatic N) is 2. The van der Waals surface area contributed by atoms with Gasteiger partial charge in [0.25, 0.3) is 0 Å². The first-order chi connectivity index (χ1) is 12.1. The second-order valence-corrected chi connectivity index (χ2v) is 8.25. The lowest BCUT2D eigenvalue weighted by Crippen LogP contribution is -2.41. The molecule has 1 aromatic heterocycles. The van der Waals surface area contributed by atoms with Crippen LogP contribution < -0.4 is 4.74 Å². The Labute approximate surface area is 155 Å². The third kappa shape index (κ3) is 3.93. The molecule has 0 radical (unpaired) electrons. The van der Waals surface area contributed by atoms with Crippen molar-refractivity contribution >= 4 is 7.12 Å². The van der Waals surface area contributed by atoms with Gasteiger partial charge in [0.2, 0.25) is 5.88 Å². The van der Waals surface area contributed by atoms with Crippen molar-refractivity contribution < 1.29 is 18.4 Å². The highest BCUT2D eigenvalue weighted by Gasteiger charge is 2.53. The standard InChI is InChI=1S/C19H28BFN2O3/c1-12-11-16(23-13(2)22-12)24-15-9-7-14(8-10-15)17(21)20-25-18(3,4)19(5,6)26-20/h11,15H,7-10H2,1-6H3. The molecule has 0 bridgehead atoms. The molecule has 2 fully saturated rings. The molecule has 5 nitrogen and oxygen atoms in total. The molecule has 0 unspecified atom stereocenters. The molecule has 0 N–H and O–H groups in total. The zero-order chi connectivity index (χ0) is 19.1. The van der Waals surface area contributed by atoms with Crippen molar-refractivity contribution in [2.75, 3.05) is 0 Å². The summed E-state index contributed by atoms with van der Waals surface area (Å²) in [4.78, 5) is 8.57. The lowest BCUT2D eigenvalue weighted by Gasteiger charge is -2.32. The Kier molecular flexibility index (Phi) is 5.14. The van der Waals surface area contributed by atoms with E-state index in [0.29, 0.717) is 24.5 Å². The Bertz CT molecular complexity index is 674. The fourth-order valence-electron chi connectivity index (χ4n) is 3.32. The summed E-state index contributed by atoms with van der Waals surface area (Å²) in [5.74, 6) is 1.29. The molecule has 1 saturated carbocycles. The minimum absolute atomic E-state index is 0.0403. The van der Waals surface area contributed by atoms with Gasteiger partial charge in [-0.3, -0.25) is 0 Å². The summed E-state index contributed by atoms with van der Waals surface area (Å²) in [6, 6.07) is 1.84. The molecule has 2 heterocycles. The molecular formula is C19H28BFN2O3. The van der Waals surface area contributed by atoms with Crippen molar-refractivity contribution in [2.45, 2.75) is 84.5 Å². The van der Waals surface area contributed by atoms with Crippen molar-refractivity contribution in [1.82, 2.24) is 9.97 Å². The van der Waals surface area contributed by atoms with Gasteiger partial charge in [0, 0.05) is 11.8 Å². The van der Waals surface area contributed by atoms with Gasteiger partial charge in [0.05, 0.1) is 11.2 Å². The van der Waals surface area contributed by atoms with Crippen LogP contribution in [0.25, 0.3) is 0 Å². The monoisotopic (exact) mass is 362 g/mol. The average Bonchev–Trinajstić information content (AvgIpc) is 2.74. The number of aryl methyl sites for hydroxylation is 2. The first kappa shape index (κ1) is 19.3. The average molecular weight is 362 g/mol. The Morgan fingerprint density at radius 2 is 1.69 bits per heavy atom. The van der Waals surface area contributed by atoms with Crippen LogP contribution in [-0.4, -0.2) is 34.4 Å². The van der Waals surface area contributed by atoms with Gasteiger partial charge in [-0.1, -0.05) is 0 Å². The second-order valence-electron chi connectivity index (χ2n) is 8.25. The quantitative estimate of drug-likeness (QED) is 0.752. The van der Waals surface area contributed by atoms with Crippen molar-refractivity contribution in [3.8, 4) is 5.88 Å². The van der Waals surface area contributed by atoms with Gasteiger partial charge < -0.3 is 14.0 Å². The second kappa shape index (κ2) is 6.93. The van der Waals surface area contributed by atoms with E-state index in [1.54, 1.807) is 0 Å². The summed E-state index contributed by atoms with van der Waals surface area (Å²) in [5.41, 5.74) is 0.335. The highest BCUT2D eigenvalue weighted by Crippen LogP contribution is 2.40. The number of allylic oxidation sites excluding steroid dienone is 1. The maximum absolute atomic E-state index is 14.9. The smallest absolute Gasteiger partial charge is 0.474 e. The molecule has 142 valence electrons. The first-order valence-corrected chi connectivity index (χ1v) is 9.29. The van der Waals surface area contributed by atoms with Crippen LogP contribution in [0.15, 0.2) is 17.4 Å². The molecule has 1 aromatic rings. The van der Waals surface area contributed by atoms with Gasteiger partial charge in [0.1, 0.15) is 17.7 Å². The lowest BCUT2D eigenvalue weighted by atomic mass is 9.79. The summed E-state index contributed by atoms with van der Waals surface area (Å²) < 4.78 is 32.5. The zero-order valence-corrected chi connectivity index (χ0v) is 16.6. The van der Waals surface area contributed by atoms with Gasteiger partial charge in [-0.2, -0.15) is 4.98 Å². The van der Waals surface area contributed by atoms with E-state index in [2.05, 4.69) is 9.97 Å². The maximum atomic E-state index is 14.9. The molecule has 7 heteroatoms. The predicted octanol–water partition coefficient (Wildman–Crippen LogP) is 4.27. The van der Waals surface area contributed by atoms with E-state index in [9.17, 15) is 4.39 Å². The Balaban J connectivity index is 1.62. The summed E-state index contributed by atoms with van der Waals surface area (Å²) in [6.45, 7) is 11.5. The summed E-state index contributed by atoms with van der Waals surface area (Å²) in [6.07, 6.45) is 2.83. The molecule has 26 heavy (non-hydrogen) atoms. The Morgan fingerprint density at radius 3 is 2.23 bits per heavy atom. The first-order valence-electron chi connectivity index (χ1n) is 9.29. The summed E-state index contributed by atoms with van der Waals surface area (Å²) in [7, 11) is -0.903. The fraction of sp³-hybridized carbons (Fsp3) is 0.684. The van der Waals surface area contributed by atoms with E-state index in [-0.39, 0.29) is 11.8 Å². The predicted molar refractivity (Wildman–Crippen MR) is 98.6 cm³/mol. The van der Waals surface area contributed by atoms with Gasteiger partial charge >= 0.3 is 7.12 Å². The molecular weight excluding hydrogens is 334 g/mol. The van der Waals surface area contributed by atoms with E-state index >= 15 is 0 Å². The van der Waals surface area contributed by atoms with Crippen LogP contribution in [0.4, 0.5) is 4.39 Å². The van der Waals surface area contributed by atoms with Crippen LogP contribution in [0.3, 0.4) is 0 Å². The minimum Gasteiger partial charge on any atom is -0.474 e. The van der Waals surface area contributed by atoms with Crippen molar-refractivity contribution in [1.29, 1.82) is 0 Å². The van der Waals surface area contributed by atoms with Crippen molar-refractivity contribution in [3.63, 3.8) is 0 Å². The Hall–Kier alpha value is -1.47. The lowest BCUT2D eigenvalue weighted by molar-refractivity contribution is 0.00578. The number of ether oxygens (including phenoxy) is 1. The number of hydrogen-bond acceptors (Lipinski definition) is 5. The molecule has 1 aliphatic carbocycles. The Morgan fingerprint density at radius 1 is 1.12 bits per heavy atom. The molecule has 2 aliphatic rings. The SMILES string of the molecule is Cc1cc(OC2CCC(=C(F)B3OC(C)(C)C(C)(C)O3)CC2)nc(C)n1. The minimum atomic E-state index is -0.903. The van der Waals surface area contributed by atoms with Crippen LogP contribution in [0, 0.1) is 13.8 Å². The number of hydrogen-bond donors (Lipinski definition) is 0. The van der Waals surface area contributed by atoms with Crippen LogP contribution in [-0.2, 0) is 9.31 Å². The summed E-state index contributed by atoms with van der Waals surface area (Å²) >= 11 is 0. The van der Waals surface area contributed by atoms with Gasteiger partial charge in [-0.15, -0.1) is 0 Å². The highest BCUT2D eigenvalue weighted by molar-refractivity contribution is 6.53. The van der Waals surface area contributed by atoms with Gasteiger partial charge in [-0.25, -0.2) is 9.37 Å². The van der Waals surface area contributed by atoms with Crippen LogP contribution in [0.5, 0.6) is 5.88 Å². The largest absolute Gasteiger partial charge is 0.525 e. The molecule has 0 amide bonds. The van der Waals surface area contributed by atoms with Crippen molar-refractivity contribution in [2.24, 2.45) is 0 Å². The van der Waals surface area contributed by atoms with Crippen LogP contribution in [0.1, 0.15) is 64.9 Å². The normalized spacial score (nSPS) is 24.7. The number of rotatable bonds is 3. The molecule has 0 aromatic carbocycles. The van der Waals surface area contributed by atoms with E-state index in [1.807, 2.05) is 47.6 Å². The molecule has 1 aliphatic heterocycles. The van der Waals surface area contributed by atoms with E-state index in [0.717, 1.165) is 24.1 Å². The molecule has 0 atom stereocenters. The van der Waals surface area contributed by atoms with E-state index < -0.39 is 18.3 Å². The van der Waals surface area contributed by atoms with Crippen LogP contribution >= 0.6 is 0 Å². The maximum Gasteiger partial charge on any atom is 0.525 e. The topological polar surface area (TPSA) is 53.5 Å². The van der Waals surface area contributed by atoms with Gasteiger partial charge in [0.15, 0.2) is 0 Å². The number of halogens is 1. The summed E-state index contributed by atoms with van der Waals surface area (Å²) in [5, 5.41) is 0. The van der Waals surface area contributed by atoms with Crippen LogP contribution in [0.2, 0.25) is 0 Å². The third-order valence-corrected chi connectivity index (χ3v) is 5.56. The molecule has 1 saturated heterocycles. The fourth-order valence-corrected chi connectivity index (χ4v) is 3.32. The van der Waals surface area contributed by atoms with Crippen molar-refractivity contribution in [3.05, 3.63) is 28.9 Å². The van der Waals surface area contributed by atoms with E-state index in [4.69, 9.17) is 14.0 Å². The highest BCUT2D eigenvalue weighted by atomic mass is 19.1. The molecule has 0 spiro atoms. The number of aromatic nitrogens is 2. The van der Waals surface area contributed by atoms with E-state index in [1.165, 1.54) is 0 Å². The third-order valence-electron chi connectivity index (χ3n) is 5.56. The van der Waals surface area contributed by atoms with Gasteiger partial charge in [-0.05, 0) is 72.8 Å².